The number of halogens is 5. The minimum Gasteiger partial charge on any atom is -0.320 e. The summed E-state index contributed by atoms with van der Waals surface area (Å²) in [6.45, 7) is -3.01. The van der Waals surface area contributed by atoms with E-state index in [1.54, 1.807) is 0 Å². The first kappa shape index (κ1) is 24.5. The van der Waals surface area contributed by atoms with Crippen molar-refractivity contribution in [3.05, 3.63) is 35.3 Å². The molecule has 2 heterocycles. The van der Waals surface area contributed by atoms with Crippen molar-refractivity contribution in [2.24, 2.45) is 5.92 Å². The zero-order valence-electron chi connectivity index (χ0n) is 17.8. The lowest BCUT2D eigenvalue weighted by Crippen LogP contribution is -2.36. The quantitative estimate of drug-likeness (QED) is 0.544. The minimum atomic E-state index is -4.86. The molecule has 0 saturated heterocycles. The summed E-state index contributed by atoms with van der Waals surface area (Å²) in [6.07, 6.45) is -2.12. The van der Waals surface area contributed by atoms with Gasteiger partial charge in [0.05, 0.1) is 11.8 Å². The lowest BCUT2D eigenvalue weighted by Gasteiger charge is -2.34. The Morgan fingerprint density at radius 1 is 1.29 bits per heavy atom. The van der Waals surface area contributed by atoms with E-state index in [0.717, 1.165) is 23.2 Å². The van der Waals surface area contributed by atoms with Gasteiger partial charge in [-0.05, 0) is 43.7 Å². The van der Waals surface area contributed by atoms with Crippen molar-refractivity contribution in [1.29, 1.82) is 0 Å². The molecule has 1 amide bonds. The molecule has 0 spiro atoms. The number of hydrogen-bond acceptors (Lipinski definition) is 6. The van der Waals surface area contributed by atoms with E-state index in [9.17, 15) is 35.2 Å². The van der Waals surface area contributed by atoms with Gasteiger partial charge in [0.25, 0.3) is 5.91 Å². The van der Waals surface area contributed by atoms with Crippen LogP contribution in [0.3, 0.4) is 0 Å². The molecule has 0 bridgehead atoms. The molecule has 2 saturated carbocycles. The predicted molar refractivity (Wildman–Crippen MR) is 108 cm³/mol. The summed E-state index contributed by atoms with van der Waals surface area (Å²) in [5, 5.41) is 6.06. The average molecular weight is 508 g/mol. The molecule has 2 aromatic heterocycles. The number of alkyl halides is 5. The van der Waals surface area contributed by atoms with Crippen molar-refractivity contribution in [1.82, 2.24) is 14.8 Å². The van der Waals surface area contributed by atoms with Gasteiger partial charge in [-0.25, -0.2) is 13.4 Å². The molecule has 0 atom stereocenters. The topological polar surface area (TPSA) is 103 Å². The van der Waals surface area contributed by atoms with Crippen LogP contribution in [-0.4, -0.2) is 48.1 Å². The van der Waals surface area contributed by atoms with Gasteiger partial charge in [0.15, 0.2) is 14.9 Å². The smallest absolute Gasteiger partial charge is 0.320 e. The average Bonchev–Trinajstić information content (AvgIpc) is 3.45. The molecular weight excluding hydrogens is 487 g/mol. The maximum atomic E-state index is 14.0. The second-order valence-electron chi connectivity index (χ2n) is 8.53. The summed E-state index contributed by atoms with van der Waals surface area (Å²) in [4.78, 5) is 16.7. The number of aromatic nitrogens is 3. The van der Waals surface area contributed by atoms with E-state index < -0.39 is 51.8 Å². The highest BCUT2D eigenvalue weighted by molar-refractivity contribution is 7.90. The molecule has 2 aromatic rings. The molecule has 2 fully saturated rings. The Kier molecular flexibility index (Phi) is 6.40. The van der Waals surface area contributed by atoms with Crippen molar-refractivity contribution >= 4 is 21.4 Å². The summed E-state index contributed by atoms with van der Waals surface area (Å²) >= 11 is 0. The monoisotopic (exact) mass is 508 g/mol. The molecule has 1 N–H and O–H groups in total. The SMILES string of the molecule is CS(=O)(=O)c1cc(NC(=O)c2c(C(F)(F)F)c(C3CC3)nn2CC2CC(OC(F)F)C2)ccn1. The zero-order valence-corrected chi connectivity index (χ0v) is 18.7. The molecule has 0 unspecified atom stereocenters. The van der Waals surface area contributed by atoms with Gasteiger partial charge in [-0.3, -0.25) is 9.48 Å². The van der Waals surface area contributed by atoms with E-state index in [1.807, 2.05) is 0 Å². The standard InChI is InChI=1S/C20H21F5N4O4S/c1-34(31,32)14-8-12(4-5-26-14)27-18(30)17-15(20(23,24)25)16(11-2-3-11)28-29(17)9-10-6-13(7-10)33-19(21)22/h4-5,8,10-11,13,19H,2-3,6-7,9H2,1H3,(H,26,27,30). The van der Waals surface area contributed by atoms with Crippen molar-refractivity contribution < 1.29 is 39.9 Å². The van der Waals surface area contributed by atoms with Gasteiger partial charge in [0.1, 0.15) is 11.3 Å². The van der Waals surface area contributed by atoms with Crippen molar-refractivity contribution in [2.75, 3.05) is 11.6 Å². The fourth-order valence-electron chi connectivity index (χ4n) is 3.97. The van der Waals surface area contributed by atoms with Crippen LogP contribution >= 0.6 is 0 Å². The second-order valence-corrected chi connectivity index (χ2v) is 10.5. The summed E-state index contributed by atoms with van der Waals surface area (Å²) in [7, 11) is -3.72. The molecule has 0 aromatic carbocycles. The number of anilines is 1. The van der Waals surface area contributed by atoms with E-state index in [0.29, 0.717) is 12.8 Å². The maximum Gasteiger partial charge on any atom is 0.420 e. The van der Waals surface area contributed by atoms with Gasteiger partial charge in [-0.1, -0.05) is 0 Å². The molecule has 34 heavy (non-hydrogen) atoms. The summed E-state index contributed by atoms with van der Waals surface area (Å²) < 4.78 is 95.7. The highest BCUT2D eigenvalue weighted by Gasteiger charge is 2.46. The van der Waals surface area contributed by atoms with Crippen LogP contribution < -0.4 is 5.32 Å². The number of rotatable bonds is 8. The lowest BCUT2D eigenvalue weighted by molar-refractivity contribution is -0.192. The van der Waals surface area contributed by atoms with Crippen molar-refractivity contribution in [3.8, 4) is 0 Å². The third-order valence-electron chi connectivity index (χ3n) is 5.73. The Morgan fingerprint density at radius 2 is 1.97 bits per heavy atom. The minimum absolute atomic E-state index is 0.0525. The van der Waals surface area contributed by atoms with Crippen LogP contribution in [0.1, 0.15) is 53.3 Å². The number of carbonyl (C=O) groups is 1. The van der Waals surface area contributed by atoms with Crippen LogP contribution in [0.2, 0.25) is 0 Å². The first-order valence-electron chi connectivity index (χ1n) is 10.4. The summed E-state index contributed by atoms with van der Waals surface area (Å²) in [6, 6.07) is 2.29. The maximum absolute atomic E-state index is 14.0. The number of carbonyl (C=O) groups excluding carboxylic acids is 1. The number of pyridine rings is 1. The Morgan fingerprint density at radius 3 is 2.53 bits per heavy atom. The molecule has 2 aliphatic rings. The van der Waals surface area contributed by atoms with Crippen molar-refractivity contribution in [2.45, 2.75) is 62.1 Å². The fraction of sp³-hybridized carbons (Fsp3) is 0.550. The first-order chi connectivity index (χ1) is 15.8. The Bertz CT molecular complexity index is 1190. The van der Waals surface area contributed by atoms with Crippen LogP contribution in [0, 0.1) is 5.92 Å². The molecular formula is C20H21F5N4O4S. The predicted octanol–water partition coefficient (Wildman–Crippen LogP) is 3.85. The molecule has 4 rings (SSSR count). The van der Waals surface area contributed by atoms with Crippen molar-refractivity contribution in [3.63, 3.8) is 0 Å². The Hall–Kier alpha value is -2.61. The highest BCUT2D eigenvalue weighted by Crippen LogP contribution is 2.47. The van der Waals surface area contributed by atoms with Crippen LogP contribution in [0.15, 0.2) is 23.4 Å². The van der Waals surface area contributed by atoms with E-state index >= 15 is 0 Å². The molecule has 0 aliphatic heterocycles. The normalized spacial score (nSPS) is 20.9. The number of ether oxygens (including phenoxy) is 1. The number of hydrogen-bond donors (Lipinski definition) is 1. The third kappa shape index (κ3) is 5.37. The third-order valence-corrected chi connectivity index (χ3v) is 6.72. The van der Waals surface area contributed by atoms with Gasteiger partial charge in [-0.15, -0.1) is 0 Å². The molecule has 8 nitrogen and oxygen atoms in total. The lowest BCUT2D eigenvalue weighted by atomic mass is 9.82. The van der Waals surface area contributed by atoms with E-state index in [2.05, 4.69) is 20.1 Å². The largest absolute Gasteiger partial charge is 0.420 e. The van der Waals surface area contributed by atoms with E-state index in [-0.39, 0.29) is 41.7 Å². The first-order valence-corrected chi connectivity index (χ1v) is 12.3. The molecule has 2 aliphatic carbocycles. The molecule has 186 valence electrons. The number of nitrogens with one attached hydrogen (secondary N) is 1. The van der Waals surface area contributed by atoms with E-state index in [4.69, 9.17) is 0 Å². The number of sulfone groups is 1. The van der Waals surface area contributed by atoms with E-state index in [1.165, 1.54) is 6.07 Å². The molecule has 0 radical (unpaired) electrons. The Labute approximate surface area is 191 Å². The second kappa shape index (κ2) is 8.87. The molecule has 14 heteroatoms. The van der Waals surface area contributed by atoms with Gasteiger partial charge >= 0.3 is 12.8 Å². The highest BCUT2D eigenvalue weighted by atomic mass is 32.2. The van der Waals surface area contributed by atoms with Gasteiger partial charge in [0, 0.05) is 30.6 Å². The fourth-order valence-corrected chi connectivity index (χ4v) is 4.56. The number of amides is 1. The number of nitrogens with zero attached hydrogens (tertiary/aromatic N) is 3. The Balaban J connectivity index is 1.65. The van der Waals surface area contributed by atoms with Crippen LogP contribution in [0.25, 0.3) is 0 Å². The van der Waals surface area contributed by atoms with Crippen LogP contribution in [-0.2, 0) is 27.3 Å². The van der Waals surface area contributed by atoms with Crippen LogP contribution in [0.5, 0.6) is 0 Å². The zero-order chi connectivity index (χ0) is 24.8. The van der Waals surface area contributed by atoms with Crippen LogP contribution in [0.4, 0.5) is 27.6 Å². The van der Waals surface area contributed by atoms with Gasteiger partial charge in [0.2, 0.25) is 0 Å². The summed E-state index contributed by atoms with van der Waals surface area (Å²) in [5.74, 6) is -1.82. The van der Waals surface area contributed by atoms with Gasteiger partial charge < -0.3 is 10.1 Å². The summed E-state index contributed by atoms with van der Waals surface area (Å²) in [5.41, 5.74) is -2.11. The van der Waals surface area contributed by atoms with Gasteiger partial charge in [-0.2, -0.15) is 27.1 Å².